The summed E-state index contributed by atoms with van der Waals surface area (Å²) in [7, 11) is 0. The Morgan fingerprint density at radius 2 is 1.28 bits per heavy atom. The van der Waals surface area contributed by atoms with Crippen molar-refractivity contribution >= 4 is 59.3 Å². The Balaban J connectivity index is 3.04. The molecule has 1 aromatic rings. The van der Waals surface area contributed by atoms with Crippen molar-refractivity contribution in [2.75, 3.05) is 13.1 Å². The lowest BCUT2D eigenvalue weighted by atomic mass is 10.1. The number of carbonyl (C=O) groups is 10. The zero-order valence-electron chi connectivity index (χ0n) is 26.7. The fourth-order valence-electron chi connectivity index (χ4n) is 4.04. The number of carboxylic acids is 3. The predicted molar refractivity (Wildman–Crippen MR) is 165 cm³/mol. The Hall–Kier alpha value is -6.13. The molecule has 5 atom stereocenters. The van der Waals surface area contributed by atoms with Gasteiger partial charge in [-0.15, -0.1) is 0 Å². The molecule has 23 heteroatoms. The Bertz CT molecular complexity index is 1420. The summed E-state index contributed by atoms with van der Waals surface area (Å²) in [5, 5.41) is 40.4. The van der Waals surface area contributed by atoms with E-state index in [4.69, 9.17) is 21.7 Å². The average Bonchev–Trinajstić information content (AvgIpc) is 3.55. The fourth-order valence-corrected chi connectivity index (χ4v) is 4.04. The number of hydrogen-bond donors (Lipinski definition) is 12. The third-order valence-corrected chi connectivity index (χ3v) is 6.59. The van der Waals surface area contributed by atoms with Crippen molar-refractivity contribution in [3.8, 4) is 0 Å². The summed E-state index contributed by atoms with van der Waals surface area (Å²) < 4.78 is 0. The van der Waals surface area contributed by atoms with E-state index >= 15 is 0 Å². The molecule has 7 amide bonds. The second-order valence-corrected chi connectivity index (χ2v) is 10.7. The third-order valence-electron chi connectivity index (χ3n) is 6.59. The van der Waals surface area contributed by atoms with Gasteiger partial charge in [-0.3, -0.25) is 43.2 Å². The normalized spacial score (nSPS) is 13.6. The maximum atomic E-state index is 13.4. The number of H-pyrrole nitrogens is 1. The van der Waals surface area contributed by atoms with Crippen molar-refractivity contribution in [3.63, 3.8) is 0 Å². The first-order valence-electron chi connectivity index (χ1n) is 14.8. The molecule has 0 unspecified atom stereocenters. The van der Waals surface area contributed by atoms with Crippen LogP contribution in [0.3, 0.4) is 0 Å². The van der Waals surface area contributed by atoms with Crippen LogP contribution in [-0.4, -0.2) is 128 Å². The van der Waals surface area contributed by atoms with Gasteiger partial charge in [-0.05, 0) is 19.8 Å². The number of nitrogens with one attached hydrogen (secondary N) is 7. The minimum Gasteiger partial charge on any atom is -0.481 e. The van der Waals surface area contributed by atoms with E-state index in [1.807, 2.05) is 5.32 Å². The zero-order chi connectivity index (χ0) is 38.0. The number of rotatable bonds is 23. The van der Waals surface area contributed by atoms with Gasteiger partial charge >= 0.3 is 17.9 Å². The summed E-state index contributed by atoms with van der Waals surface area (Å²) >= 11 is 0. The summed E-state index contributed by atoms with van der Waals surface area (Å²) in [5.41, 5.74) is 10.8. The molecule has 0 saturated heterocycles. The number of carboxylic acid groups (broad SMARTS) is 3. The molecule has 1 heterocycles. The van der Waals surface area contributed by atoms with Gasteiger partial charge in [0.2, 0.25) is 41.4 Å². The van der Waals surface area contributed by atoms with Gasteiger partial charge in [0.15, 0.2) is 0 Å². The number of aromatic amines is 1. The largest absolute Gasteiger partial charge is 0.481 e. The second-order valence-electron chi connectivity index (χ2n) is 10.7. The molecule has 0 aromatic carbocycles. The molecule has 23 nitrogen and oxygen atoms in total. The smallest absolute Gasteiger partial charge is 0.326 e. The van der Waals surface area contributed by atoms with Crippen LogP contribution in [0, 0.1) is 0 Å². The van der Waals surface area contributed by atoms with Crippen molar-refractivity contribution in [2.24, 2.45) is 11.5 Å². The molecule has 0 aliphatic rings. The monoisotopic (exact) mass is 712 g/mol. The Labute approximate surface area is 283 Å². The van der Waals surface area contributed by atoms with E-state index in [-0.39, 0.29) is 6.42 Å². The van der Waals surface area contributed by atoms with Crippen LogP contribution in [0.25, 0.3) is 0 Å². The van der Waals surface area contributed by atoms with Gasteiger partial charge in [-0.25, -0.2) is 9.78 Å². The number of imidazole rings is 1. The van der Waals surface area contributed by atoms with E-state index in [0.717, 1.165) is 0 Å². The van der Waals surface area contributed by atoms with Crippen LogP contribution in [0.4, 0.5) is 0 Å². The molecular formula is C27H40N10O13. The number of nitrogens with zero attached hydrogens (tertiary/aromatic N) is 1. The molecule has 50 heavy (non-hydrogen) atoms. The van der Waals surface area contributed by atoms with E-state index < -0.39 is 135 Å². The summed E-state index contributed by atoms with van der Waals surface area (Å²) in [6.07, 6.45) is -0.432. The van der Waals surface area contributed by atoms with E-state index in [0.29, 0.717) is 5.69 Å². The topological polar surface area (TPSA) is 384 Å². The SMILES string of the molecule is C[C@H](NC(=O)[C@H](CCC(=O)O)NC(=O)[C@H](Cc1cnc[nH]1)NC(=O)[C@H](CC(N)=O)NC(=O)CN)C(=O)NCC(=O)N[C@@H](CCC(=O)O)C(=O)O. The van der Waals surface area contributed by atoms with Crippen LogP contribution in [-0.2, 0) is 54.4 Å². The van der Waals surface area contributed by atoms with E-state index in [2.05, 4.69) is 36.6 Å². The van der Waals surface area contributed by atoms with Crippen molar-refractivity contribution in [1.82, 2.24) is 41.9 Å². The van der Waals surface area contributed by atoms with Gasteiger partial charge in [-0.2, -0.15) is 0 Å². The first-order valence-corrected chi connectivity index (χ1v) is 14.8. The van der Waals surface area contributed by atoms with Crippen LogP contribution in [0.1, 0.15) is 44.7 Å². The second kappa shape index (κ2) is 21.0. The van der Waals surface area contributed by atoms with Gasteiger partial charge in [0.05, 0.1) is 25.8 Å². The van der Waals surface area contributed by atoms with Gasteiger partial charge in [0, 0.05) is 31.2 Å². The summed E-state index contributed by atoms with van der Waals surface area (Å²) in [5.74, 6) is -10.9. The molecule has 0 spiro atoms. The molecular weight excluding hydrogens is 672 g/mol. The molecule has 1 aromatic heterocycles. The fraction of sp³-hybridized carbons (Fsp3) is 0.519. The molecule has 0 bridgehead atoms. The lowest BCUT2D eigenvalue weighted by molar-refractivity contribution is -0.143. The maximum Gasteiger partial charge on any atom is 0.326 e. The molecule has 276 valence electrons. The zero-order valence-corrected chi connectivity index (χ0v) is 26.7. The van der Waals surface area contributed by atoms with Crippen molar-refractivity contribution in [3.05, 3.63) is 18.2 Å². The van der Waals surface area contributed by atoms with Crippen molar-refractivity contribution in [2.45, 2.75) is 75.7 Å². The van der Waals surface area contributed by atoms with Gasteiger partial charge in [0.1, 0.15) is 30.2 Å². The number of primary amides is 1. The molecule has 0 aliphatic heterocycles. The highest BCUT2D eigenvalue weighted by atomic mass is 16.4. The van der Waals surface area contributed by atoms with E-state index in [9.17, 15) is 53.1 Å². The van der Waals surface area contributed by atoms with Crippen LogP contribution in [0.2, 0.25) is 0 Å². The predicted octanol–water partition coefficient (Wildman–Crippen LogP) is -5.84. The first-order chi connectivity index (χ1) is 23.4. The van der Waals surface area contributed by atoms with Crippen molar-refractivity contribution < 1.29 is 63.3 Å². The molecule has 0 radical (unpaired) electrons. The van der Waals surface area contributed by atoms with Crippen LogP contribution < -0.4 is 43.4 Å². The minimum atomic E-state index is -1.60. The van der Waals surface area contributed by atoms with Gasteiger partial charge in [0.25, 0.3) is 0 Å². The summed E-state index contributed by atoms with van der Waals surface area (Å²) in [4.78, 5) is 127. The Kier molecular flexibility index (Phi) is 17.6. The number of aromatic nitrogens is 2. The number of carbonyl (C=O) groups excluding carboxylic acids is 7. The highest BCUT2D eigenvalue weighted by Crippen LogP contribution is 2.05. The highest BCUT2D eigenvalue weighted by Gasteiger charge is 2.32. The molecule has 14 N–H and O–H groups in total. The van der Waals surface area contributed by atoms with Gasteiger partial charge in [-0.1, -0.05) is 0 Å². The van der Waals surface area contributed by atoms with Gasteiger partial charge < -0.3 is 63.7 Å². The Morgan fingerprint density at radius 1 is 0.740 bits per heavy atom. The van der Waals surface area contributed by atoms with Crippen LogP contribution in [0.5, 0.6) is 0 Å². The quantitative estimate of drug-likeness (QED) is 0.0503. The van der Waals surface area contributed by atoms with Crippen LogP contribution in [0.15, 0.2) is 12.5 Å². The van der Waals surface area contributed by atoms with E-state index in [1.54, 1.807) is 0 Å². The highest BCUT2D eigenvalue weighted by molar-refractivity contribution is 5.97. The Morgan fingerprint density at radius 3 is 1.80 bits per heavy atom. The standard InChI is InChI=1S/C27H40N10O13/c1-12(23(45)31-10-20(40)34-15(27(49)50)3-5-22(43)44)33-24(46)14(2-4-21(41)42)36-25(47)16(6-13-9-30-11-32-13)37-26(48)17(7-18(29)38)35-19(39)8-28/h9,11-12,14-17H,2-8,10,28H2,1H3,(H2,29,38)(H,30,32)(H,31,45)(H,33,46)(H,34,40)(H,35,39)(H,36,47)(H,37,48)(H,41,42)(H,43,44)(H,49,50)/t12-,14-,15-,16-,17-/m0/s1. The first kappa shape index (κ1) is 41.9. The van der Waals surface area contributed by atoms with E-state index in [1.165, 1.54) is 19.4 Å². The number of aliphatic carboxylic acids is 3. The molecule has 0 fully saturated rings. The summed E-state index contributed by atoms with van der Waals surface area (Å²) in [6.45, 7) is -0.110. The minimum absolute atomic E-state index is 0.265. The number of amides is 7. The third kappa shape index (κ3) is 16.1. The average molecular weight is 713 g/mol. The lowest BCUT2D eigenvalue weighted by Gasteiger charge is -2.25. The van der Waals surface area contributed by atoms with Crippen LogP contribution >= 0.6 is 0 Å². The number of nitrogens with two attached hydrogens (primary N) is 2. The maximum absolute atomic E-state index is 13.4. The van der Waals surface area contributed by atoms with Crippen molar-refractivity contribution in [1.29, 1.82) is 0 Å². The summed E-state index contributed by atoms with van der Waals surface area (Å²) in [6, 6.07) is -7.57. The number of hydrogen-bond acceptors (Lipinski definition) is 12. The molecule has 1 rings (SSSR count). The molecule has 0 saturated carbocycles. The molecule has 0 aliphatic carbocycles. The lowest BCUT2D eigenvalue weighted by Crippen LogP contribution is -2.59.